The van der Waals surface area contributed by atoms with Crippen molar-refractivity contribution in [3.63, 3.8) is 0 Å². The number of halogens is 1. The predicted octanol–water partition coefficient (Wildman–Crippen LogP) is -0.249. The summed E-state index contributed by atoms with van der Waals surface area (Å²) in [5.74, 6) is 0. The second kappa shape index (κ2) is 2.23. The van der Waals surface area contributed by atoms with Crippen LogP contribution in [0.4, 0.5) is 0 Å². The molecule has 0 bridgehead atoms. The van der Waals surface area contributed by atoms with Crippen LogP contribution < -0.4 is 0 Å². The van der Waals surface area contributed by atoms with E-state index in [1.807, 2.05) is 0 Å². The zero-order valence-corrected chi connectivity index (χ0v) is 3.81. The van der Waals surface area contributed by atoms with Gasteiger partial charge in [0.15, 0.2) is 0 Å². The lowest BCUT2D eigenvalue weighted by Gasteiger charge is -1.85. The molecule has 0 aromatic heterocycles. The fourth-order valence-corrected chi connectivity index (χ4v) is 0. The first-order valence-corrected chi connectivity index (χ1v) is 1.73. The second-order valence-corrected chi connectivity index (χ2v) is 1.31. The molecule has 0 aromatic carbocycles. The maximum Gasteiger partial charge on any atom is 0.499 e. The molecule has 2 nitrogen and oxygen atoms in total. The summed E-state index contributed by atoms with van der Waals surface area (Å²) in [5, 5.41) is 15.9. The van der Waals surface area contributed by atoms with Crippen molar-refractivity contribution in [3.8, 4) is 0 Å². The van der Waals surface area contributed by atoms with Crippen LogP contribution in [0.5, 0.6) is 0 Å². The van der Waals surface area contributed by atoms with E-state index in [1.54, 1.807) is 0 Å². The fourth-order valence-electron chi connectivity index (χ4n) is 0. The van der Waals surface area contributed by atoms with Gasteiger partial charge >= 0.3 is 7.12 Å². The summed E-state index contributed by atoms with van der Waals surface area (Å²) in [5.41, 5.74) is 0. The van der Waals surface area contributed by atoms with Gasteiger partial charge in [0, 0.05) is 4.93 Å². The van der Waals surface area contributed by atoms with E-state index < -0.39 is 7.12 Å². The van der Waals surface area contributed by atoms with E-state index >= 15 is 0 Å². The highest BCUT2D eigenvalue weighted by Crippen LogP contribution is 1.94. The smallest absolute Gasteiger partial charge is 0.423 e. The highest BCUT2D eigenvalue weighted by Gasteiger charge is 2.06. The van der Waals surface area contributed by atoms with Crippen LogP contribution in [0.15, 0.2) is 11.5 Å². The number of rotatable bonds is 1. The molecule has 0 heterocycles. The average molecular weight is 106 g/mol. The Kier molecular flexibility index (Phi) is 2.24. The topological polar surface area (TPSA) is 40.5 Å². The van der Waals surface area contributed by atoms with Crippen molar-refractivity contribution in [2.24, 2.45) is 0 Å². The van der Waals surface area contributed by atoms with Crippen LogP contribution in [0, 0.1) is 0 Å². The van der Waals surface area contributed by atoms with E-state index in [4.69, 9.17) is 21.6 Å². The van der Waals surface area contributed by atoms with Gasteiger partial charge in [-0.1, -0.05) is 18.2 Å². The van der Waals surface area contributed by atoms with Crippen molar-refractivity contribution in [1.82, 2.24) is 0 Å². The van der Waals surface area contributed by atoms with Gasteiger partial charge < -0.3 is 10.0 Å². The third-order valence-electron chi connectivity index (χ3n) is 0.280. The van der Waals surface area contributed by atoms with Crippen LogP contribution >= 0.6 is 11.6 Å². The summed E-state index contributed by atoms with van der Waals surface area (Å²) in [7, 11) is -1.58. The maximum absolute atomic E-state index is 7.95. The Morgan fingerprint density at radius 1 is 1.67 bits per heavy atom. The van der Waals surface area contributed by atoms with Gasteiger partial charge in [-0.15, -0.1) is 0 Å². The van der Waals surface area contributed by atoms with Crippen molar-refractivity contribution in [3.05, 3.63) is 11.5 Å². The standard InChI is InChI=1S/C2H4BClO2/c1-2(4)3(5)6/h5-6H,1H2. The van der Waals surface area contributed by atoms with E-state index in [0.717, 1.165) is 0 Å². The van der Waals surface area contributed by atoms with E-state index in [9.17, 15) is 0 Å². The molecule has 0 aliphatic rings. The molecule has 2 N–H and O–H groups in total. The van der Waals surface area contributed by atoms with Gasteiger partial charge in [0.25, 0.3) is 0 Å². The molecule has 0 amide bonds. The molecule has 0 aromatic rings. The SMILES string of the molecule is C=C(Cl)B(O)O. The summed E-state index contributed by atoms with van der Waals surface area (Å²) < 4.78 is 0. The molecule has 0 rings (SSSR count). The largest absolute Gasteiger partial charge is 0.499 e. The molecule has 0 fully saturated rings. The minimum absolute atomic E-state index is 0.157. The molecule has 0 saturated heterocycles. The lowest BCUT2D eigenvalue weighted by Crippen LogP contribution is -2.09. The van der Waals surface area contributed by atoms with Gasteiger partial charge in [-0.3, -0.25) is 0 Å². The first-order chi connectivity index (χ1) is 2.64. The molecular weight excluding hydrogens is 102 g/mol. The molecule has 0 atom stereocenters. The lowest BCUT2D eigenvalue weighted by molar-refractivity contribution is 0.422. The Morgan fingerprint density at radius 3 is 1.83 bits per heavy atom. The van der Waals surface area contributed by atoms with Crippen molar-refractivity contribution in [1.29, 1.82) is 0 Å². The van der Waals surface area contributed by atoms with Crippen molar-refractivity contribution < 1.29 is 10.0 Å². The summed E-state index contributed by atoms with van der Waals surface area (Å²) >= 11 is 4.92. The summed E-state index contributed by atoms with van der Waals surface area (Å²) in [6.45, 7) is 3.02. The van der Waals surface area contributed by atoms with Gasteiger partial charge in [-0.25, -0.2) is 0 Å². The van der Waals surface area contributed by atoms with Gasteiger partial charge in [0.1, 0.15) is 0 Å². The van der Waals surface area contributed by atoms with Gasteiger partial charge in [0.2, 0.25) is 0 Å². The monoisotopic (exact) mass is 106 g/mol. The molecule has 0 aliphatic carbocycles. The van der Waals surface area contributed by atoms with Gasteiger partial charge in [-0.05, 0) is 0 Å². The van der Waals surface area contributed by atoms with Gasteiger partial charge in [0.05, 0.1) is 0 Å². The Bertz CT molecular complexity index is 62.6. The van der Waals surface area contributed by atoms with Gasteiger partial charge in [-0.2, -0.15) is 0 Å². The Labute approximate surface area is 41.2 Å². The zero-order chi connectivity index (χ0) is 5.15. The van der Waals surface area contributed by atoms with E-state index in [2.05, 4.69) is 6.58 Å². The summed E-state index contributed by atoms with van der Waals surface area (Å²) in [4.78, 5) is -0.157. The first-order valence-electron chi connectivity index (χ1n) is 1.35. The lowest BCUT2D eigenvalue weighted by atomic mass is 9.93. The summed E-state index contributed by atoms with van der Waals surface area (Å²) in [6.07, 6.45) is 0. The minimum Gasteiger partial charge on any atom is -0.423 e. The molecule has 0 unspecified atom stereocenters. The quantitative estimate of drug-likeness (QED) is 0.453. The molecule has 0 saturated carbocycles. The third kappa shape index (κ3) is 2.26. The van der Waals surface area contributed by atoms with Crippen LogP contribution in [0.3, 0.4) is 0 Å². The molecule has 0 aliphatic heterocycles. The zero-order valence-electron chi connectivity index (χ0n) is 3.06. The van der Waals surface area contributed by atoms with Crippen LogP contribution in [-0.4, -0.2) is 17.2 Å². The molecule has 0 spiro atoms. The third-order valence-corrected chi connectivity index (χ3v) is 0.475. The van der Waals surface area contributed by atoms with Crippen LogP contribution in [0.25, 0.3) is 0 Å². The highest BCUT2D eigenvalue weighted by atomic mass is 35.5. The molecule has 4 heteroatoms. The van der Waals surface area contributed by atoms with E-state index in [0.29, 0.717) is 0 Å². The van der Waals surface area contributed by atoms with Crippen molar-refractivity contribution in [2.45, 2.75) is 0 Å². The van der Waals surface area contributed by atoms with Crippen LogP contribution in [0.1, 0.15) is 0 Å². The summed E-state index contributed by atoms with van der Waals surface area (Å²) in [6, 6.07) is 0. The Balaban J connectivity index is 3.26. The Morgan fingerprint density at radius 2 is 1.83 bits per heavy atom. The van der Waals surface area contributed by atoms with Crippen LogP contribution in [0.2, 0.25) is 0 Å². The second-order valence-electron chi connectivity index (χ2n) is 0.821. The average Bonchev–Trinajstić information content (AvgIpc) is 1.36. The van der Waals surface area contributed by atoms with Crippen molar-refractivity contribution in [2.75, 3.05) is 0 Å². The first kappa shape index (κ1) is 6.01. The molecule has 0 radical (unpaired) electrons. The van der Waals surface area contributed by atoms with Crippen molar-refractivity contribution >= 4 is 18.7 Å². The number of hydrogen-bond acceptors (Lipinski definition) is 2. The molecular formula is C2H4BClO2. The fraction of sp³-hybridized carbons (Fsp3) is 0. The Hall–Kier alpha value is 0.0149. The predicted molar refractivity (Wildman–Crippen MR) is 25.2 cm³/mol. The molecule has 34 valence electrons. The van der Waals surface area contributed by atoms with E-state index in [-0.39, 0.29) is 4.93 Å². The minimum atomic E-state index is -1.58. The maximum atomic E-state index is 7.95. The van der Waals surface area contributed by atoms with E-state index in [1.165, 1.54) is 0 Å². The van der Waals surface area contributed by atoms with Crippen LogP contribution in [-0.2, 0) is 0 Å². The normalized spacial score (nSPS) is 7.83. The highest BCUT2D eigenvalue weighted by molar-refractivity contribution is 6.67. The molecule has 6 heavy (non-hydrogen) atoms. The number of hydrogen-bond donors (Lipinski definition) is 2.